The quantitative estimate of drug-likeness (QED) is 0.356. The minimum Gasteiger partial charge on any atom is -0.342 e. The summed E-state index contributed by atoms with van der Waals surface area (Å²) in [5, 5.41) is 6.20. The number of hydrogen-bond acceptors (Lipinski definition) is 3. The van der Waals surface area contributed by atoms with Gasteiger partial charge < -0.3 is 4.57 Å². The van der Waals surface area contributed by atoms with E-state index in [1.807, 2.05) is 42.6 Å². The molecule has 0 saturated carbocycles. The number of rotatable bonds is 5. The number of halogens is 2. The van der Waals surface area contributed by atoms with Gasteiger partial charge >= 0.3 is 0 Å². The van der Waals surface area contributed by atoms with Gasteiger partial charge in [-0.05, 0) is 35.9 Å². The first-order valence-corrected chi connectivity index (χ1v) is 9.62. The Morgan fingerprint density at radius 1 is 1.10 bits per heavy atom. The van der Waals surface area contributed by atoms with Crippen molar-refractivity contribution in [2.75, 3.05) is 0 Å². The predicted molar refractivity (Wildman–Crippen MR) is 117 cm³/mol. The Morgan fingerprint density at radius 2 is 1.97 bits per heavy atom. The second kappa shape index (κ2) is 8.47. The van der Waals surface area contributed by atoms with Crippen molar-refractivity contribution in [1.82, 2.24) is 15.0 Å². The summed E-state index contributed by atoms with van der Waals surface area (Å²) in [7, 11) is 0. The van der Waals surface area contributed by atoms with Crippen LogP contribution in [0.3, 0.4) is 0 Å². The second-order valence-electron chi connectivity index (χ2n) is 6.42. The van der Waals surface area contributed by atoms with Gasteiger partial charge in [-0.1, -0.05) is 47.5 Å². The first-order chi connectivity index (χ1) is 14.1. The molecule has 0 atom stereocenters. The van der Waals surface area contributed by atoms with Crippen LogP contribution in [-0.2, 0) is 6.54 Å². The third-order valence-corrected chi connectivity index (χ3v) is 5.19. The van der Waals surface area contributed by atoms with E-state index < -0.39 is 0 Å². The molecule has 0 unspecified atom stereocenters. The van der Waals surface area contributed by atoms with E-state index in [1.165, 1.54) is 6.20 Å². The molecule has 7 heteroatoms. The maximum absolute atomic E-state index is 12.1. The molecule has 4 aromatic rings. The van der Waals surface area contributed by atoms with E-state index in [9.17, 15) is 4.79 Å². The topological polar surface area (TPSA) is 59.3 Å². The maximum atomic E-state index is 12.1. The van der Waals surface area contributed by atoms with Gasteiger partial charge in [-0.25, -0.2) is 5.43 Å². The van der Waals surface area contributed by atoms with Crippen molar-refractivity contribution in [3.8, 4) is 0 Å². The molecular formula is C22H16Cl2N4O. The summed E-state index contributed by atoms with van der Waals surface area (Å²) in [5.41, 5.74) is 5.97. The zero-order valence-electron chi connectivity index (χ0n) is 15.2. The molecule has 0 aliphatic heterocycles. The SMILES string of the molecule is O=C(N/N=C/c1cn(Cc2ccc(Cl)c(Cl)c2)c2ccccc12)c1cccnc1. The minimum absolute atomic E-state index is 0.311. The van der Waals surface area contributed by atoms with Crippen LogP contribution in [0.1, 0.15) is 21.5 Å². The first-order valence-electron chi connectivity index (χ1n) is 8.87. The van der Waals surface area contributed by atoms with Gasteiger partial charge in [-0.15, -0.1) is 0 Å². The number of nitrogens with one attached hydrogen (secondary N) is 1. The van der Waals surface area contributed by atoms with Crippen LogP contribution in [0.15, 0.2) is 78.3 Å². The molecule has 29 heavy (non-hydrogen) atoms. The van der Waals surface area contributed by atoms with Crippen molar-refractivity contribution in [3.63, 3.8) is 0 Å². The number of amides is 1. The van der Waals surface area contributed by atoms with Gasteiger partial charge in [-0.2, -0.15) is 5.10 Å². The van der Waals surface area contributed by atoms with Crippen LogP contribution in [0.2, 0.25) is 10.0 Å². The predicted octanol–water partition coefficient (Wildman–Crippen LogP) is 5.16. The number of aromatic nitrogens is 2. The maximum Gasteiger partial charge on any atom is 0.272 e. The average molecular weight is 423 g/mol. The number of fused-ring (bicyclic) bond motifs is 1. The van der Waals surface area contributed by atoms with Gasteiger partial charge in [-0.3, -0.25) is 9.78 Å². The molecule has 2 heterocycles. The smallest absolute Gasteiger partial charge is 0.272 e. The molecule has 144 valence electrons. The fourth-order valence-electron chi connectivity index (χ4n) is 3.07. The van der Waals surface area contributed by atoms with Crippen molar-refractivity contribution < 1.29 is 4.79 Å². The molecule has 0 bridgehead atoms. The molecule has 0 radical (unpaired) electrons. The summed E-state index contributed by atoms with van der Waals surface area (Å²) in [6, 6.07) is 17.0. The monoisotopic (exact) mass is 422 g/mol. The first kappa shape index (κ1) is 19.2. The number of carbonyl (C=O) groups excluding carboxylic acids is 1. The molecule has 2 aromatic heterocycles. The van der Waals surface area contributed by atoms with Gasteiger partial charge in [0.2, 0.25) is 0 Å². The Labute approximate surface area is 177 Å². The Balaban J connectivity index is 1.58. The third kappa shape index (κ3) is 4.31. The molecule has 0 aliphatic carbocycles. The van der Waals surface area contributed by atoms with E-state index in [-0.39, 0.29) is 5.91 Å². The average Bonchev–Trinajstić information content (AvgIpc) is 3.09. The molecule has 5 nitrogen and oxygen atoms in total. The van der Waals surface area contributed by atoms with Crippen molar-refractivity contribution in [1.29, 1.82) is 0 Å². The summed E-state index contributed by atoms with van der Waals surface area (Å²) < 4.78 is 2.11. The molecule has 1 amide bonds. The Morgan fingerprint density at radius 3 is 2.76 bits per heavy atom. The highest BCUT2D eigenvalue weighted by Crippen LogP contribution is 2.25. The Bertz CT molecular complexity index is 1200. The summed E-state index contributed by atoms with van der Waals surface area (Å²) in [5.74, 6) is -0.311. The van der Waals surface area contributed by atoms with Crippen LogP contribution in [0.4, 0.5) is 0 Å². The van der Waals surface area contributed by atoms with Crippen LogP contribution >= 0.6 is 23.2 Å². The lowest BCUT2D eigenvalue weighted by Gasteiger charge is -2.06. The number of hydrazone groups is 1. The number of hydrogen-bond donors (Lipinski definition) is 1. The van der Waals surface area contributed by atoms with Gasteiger partial charge in [0, 0.05) is 41.6 Å². The van der Waals surface area contributed by atoms with Crippen LogP contribution < -0.4 is 5.43 Å². The summed E-state index contributed by atoms with van der Waals surface area (Å²) in [6.45, 7) is 0.632. The van der Waals surface area contributed by atoms with Gasteiger partial charge in [0.05, 0.1) is 21.8 Å². The molecule has 0 fully saturated rings. The van der Waals surface area contributed by atoms with E-state index in [2.05, 4.69) is 20.1 Å². The number of nitrogens with zero attached hydrogens (tertiary/aromatic N) is 3. The molecular weight excluding hydrogens is 407 g/mol. The lowest BCUT2D eigenvalue weighted by atomic mass is 10.2. The molecule has 1 N–H and O–H groups in total. The summed E-state index contributed by atoms with van der Waals surface area (Å²) >= 11 is 12.2. The van der Waals surface area contributed by atoms with Crippen LogP contribution in [0, 0.1) is 0 Å². The van der Waals surface area contributed by atoms with E-state index in [0.29, 0.717) is 22.2 Å². The number of para-hydroxylation sites is 1. The minimum atomic E-state index is -0.311. The van der Waals surface area contributed by atoms with E-state index >= 15 is 0 Å². The van der Waals surface area contributed by atoms with Gasteiger partial charge in [0.1, 0.15) is 0 Å². The van der Waals surface area contributed by atoms with Gasteiger partial charge in [0.25, 0.3) is 5.91 Å². The fraction of sp³-hybridized carbons (Fsp3) is 0.0455. The largest absolute Gasteiger partial charge is 0.342 e. The lowest BCUT2D eigenvalue weighted by Crippen LogP contribution is -2.17. The standard InChI is InChI=1S/C22H16Cl2N4O/c23-19-8-7-15(10-20(19)24)13-28-14-17(18-5-1-2-6-21(18)28)12-26-27-22(29)16-4-3-9-25-11-16/h1-12,14H,13H2,(H,27,29)/b26-12+. The van der Waals surface area contributed by atoms with Crippen molar-refractivity contribution >= 4 is 46.2 Å². The zero-order valence-corrected chi connectivity index (χ0v) is 16.7. The van der Waals surface area contributed by atoms with Crippen LogP contribution in [-0.4, -0.2) is 21.7 Å². The Kier molecular flexibility index (Phi) is 5.60. The fourth-order valence-corrected chi connectivity index (χ4v) is 3.39. The number of carbonyl (C=O) groups is 1. The highest BCUT2D eigenvalue weighted by Gasteiger charge is 2.09. The normalized spacial score (nSPS) is 11.2. The van der Waals surface area contributed by atoms with Crippen molar-refractivity contribution in [2.24, 2.45) is 5.10 Å². The molecule has 0 spiro atoms. The Hall–Kier alpha value is -3.15. The third-order valence-electron chi connectivity index (χ3n) is 4.45. The molecule has 0 saturated heterocycles. The summed E-state index contributed by atoms with van der Waals surface area (Å²) in [6.07, 6.45) is 6.74. The van der Waals surface area contributed by atoms with Crippen molar-refractivity contribution in [2.45, 2.75) is 6.54 Å². The van der Waals surface area contributed by atoms with E-state index in [0.717, 1.165) is 22.0 Å². The van der Waals surface area contributed by atoms with Crippen LogP contribution in [0.25, 0.3) is 10.9 Å². The second-order valence-corrected chi connectivity index (χ2v) is 7.23. The molecule has 2 aromatic carbocycles. The number of benzene rings is 2. The van der Waals surface area contributed by atoms with Crippen LogP contribution in [0.5, 0.6) is 0 Å². The molecule has 4 rings (SSSR count). The highest BCUT2D eigenvalue weighted by atomic mass is 35.5. The molecule has 0 aliphatic rings. The highest BCUT2D eigenvalue weighted by molar-refractivity contribution is 6.42. The van der Waals surface area contributed by atoms with Crippen molar-refractivity contribution in [3.05, 3.63) is 99.9 Å². The number of pyridine rings is 1. The summed E-state index contributed by atoms with van der Waals surface area (Å²) in [4.78, 5) is 16.0. The zero-order chi connectivity index (χ0) is 20.2. The van der Waals surface area contributed by atoms with E-state index in [4.69, 9.17) is 23.2 Å². The van der Waals surface area contributed by atoms with Gasteiger partial charge in [0.15, 0.2) is 0 Å². The lowest BCUT2D eigenvalue weighted by molar-refractivity contribution is 0.0955. The van der Waals surface area contributed by atoms with E-state index in [1.54, 1.807) is 30.6 Å².